The summed E-state index contributed by atoms with van der Waals surface area (Å²) in [6, 6.07) is 0. The molecular weight excluding hydrogens is 82.0 g/mol. The molecule has 0 bridgehead atoms. The minimum Gasteiger partial charge on any atom is -0.412 e. The van der Waals surface area contributed by atoms with Crippen LogP contribution in [0.4, 0.5) is 0 Å². The molecule has 0 heterocycles. The summed E-state index contributed by atoms with van der Waals surface area (Å²) in [6.07, 6.45) is 0. The molecule has 0 saturated heterocycles. The van der Waals surface area contributed by atoms with Crippen LogP contribution >= 0.6 is 0 Å². The van der Waals surface area contributed by atoms with E-state index in [-0.39, 0.29) is 56.8 Å². The third-order valence-corrected chi connectivity index (χ3v) is 0. The monoisotopic (exact) mass is 91.0 g/mol. The molecule has 0 unspecified atom stereocenters. The molecule has 5 N–H and O–H groups in total. The fourth-order valence-corrected chi connectivity index (χ4v) is 0. The molecule has 2 nitrogen and oxygen atoms in total. The van der Waals surface area contributed by atoms with Crippen LogP contribution in [0.15, 0.2) is 0 Å². The first-order valence-electron chi connectivity index (χ1n) is 0. The molecule has 0 aliphatic rings. The summed E-state index contributed by atoms with van der Waals surface area (Å²) in [6.45, 7) is 0. The second-order valence-corrected chi connectivity index (χ2v) is 0. The van der Waals surface area contributed by atoms with Gasteiger partial charge in [-0.3, -0.25) is 0 Å². The minimum absolute atomic E-state index is 0. The van der Waals surface area contributed by atoms with Crippen LogP contribution < -0.4 is 6.15 Å². The summed E-state index contributed by atoms with van der Waals surface area (Å²) in [5.41, 5.74) is 0. The Hall–Kier alpha value is 1.18. The van der Waals surface area contributed by atoms with Crippen LogP contribution in [0.3, 0.4) is 0 Å². The second-order valence-electron chi connectivity index (χ2n) is 0. The zero-order chi connectivity index (χ0) is 0. The summed E-state index contributed by atoms with van der Waals surface area (Å²) in [5.74, 6) is 0. The van der Waals surface area contributed by atoms with E-state index in [2.05, 4.69) is 0 Å². The van der Waals surface area contributed by atoms with Gasteiger partial charge < -0.3 is 11.6 Å². The maximum Gasteiger partial charge on any atom is 0 e. The quantitative estimate of drug-likeness (QED) is 0.447. The molecular formula is CH9ArNO. The maximum absolute atomic E-state index is 0. The Morgan fingerprint density at radius 2 is 1.00 bits per heavy atom. The molecule has 0 aliphatic heterocycles. The average Bonchev–Trinajstić information content (AvgIpc) is 0. The van der Waals surface area contributed by atoms with Crippen molar-refractivity contribution in [2.24, 2.45) is 0 Å². The smallest absolute Gasteiger partial charge is 0 e. The van der Waals surface area contributed by atoms with E-state index in [0.29, 0.717) is 0 Å². The van der Waals surface area contributed by atoms with Crippen LogP contribution in [-0.4, -0.2) is 5.48 Å². The summed E-state index contributed by atoms with van der Waals surface area (Å²) < 4.78 is 0. The third kappa shape index (κ3) is 10.9. The van der Waals surface area contributed by atoms with Crippen LogP contribution in [0.2, 0.25) is 0 Å². The van der Waals surface area contributed by atoms with Crippen molar-refractivity contribution in [3.63, 3.8) is 0 Å². The van der Waals surface area contributed by atoms with Gasteiger partial charge in [-0.25, -0.2) is 0 Å². The van der Waals surface area contributed by atoms with Gasteiger partial charge in [-0.05, 0) is 0 Å². The molecule has 4 heavy (non-hydrogen) atoms. The largest absolute Gasteiger partial charge is 0.412 e. The molecule has 0 aliphatic carbocycles. The fourth-order valence-electron chi connectivity index (χ4n) is 0. The Kier molecular flexibility index (Phi) is 494. The number of hydrogen-bond donors (Lipinski definition) is 1. The van der Waals surface area contributed by atoms with Crippen molar-refractivity contribution in [2.45, 2.75) is 7.43 Å². The van der Waals surface area contributed by atoms with Crippen molar-refractivity contribution in [3.05, 3.63) is 0 Å². The second kappa shape index (κ2) is 30.4. The summed E-state index contributed by atoms with van der Waals surface area (Å²) in [4.78, 5) is 0. The molecule has 0 aromatic carbocycles. The Bertz CT molecular complexity index is 8.00. The van der Waals surface area contributed by atoms with E-state index in [4.69, 9.17) is 0 Å². The Morgan fingerprint density at radius 1 is 1.00 bits per heavy atom. The minimum atomic E-state index is 0. The van der Waals surface area contributed by atoms with Crippen molar-refractivity contribution in [2.75, 3.05) is 0 Å². The average molecular weight is 91.0 g/mol. The van der Waals surface area contributed by atoms with Gasteiger partial charge >= 0.3 is 0 Å². The Morgan fingerprint density at radius 3 is 1.00 bits per heavy atom. The molecule has 0 amide bonds. The molecule has 0 fully saturated rings. The molecule has 0 saturated carbocycles. The molecule has 0 aromatic rings. The van der Waals surface area contributed by atoms with Crippen LogP contribution in [0.25, 0.3) is 0 Å². The van der Waals surface area contributed by atoms with Crippen molar-refractivity contribution in [1.82, 2.24) is 6.15 Å². The molecule has 0 radical (unpaired) electrons. The van der Waals surface area contributed by atoms with Crippen LogP contribution in [-0.2, 0) is 0 Å². The van der Waals surface area contributed by atoms with Gasteiger partial charge in [-0.15, -0.1) is 0 Å². The Labute approximate surface area is 56.5 Å². The zero-order valence-corrected chi connectivity index (χ0v) is 2.27. The normalized spacial score (nSPS) is 0. The molecule has 0 atom stereocenters. The molecule has 0 rings (SSSR count). The van der Waals surface area contributed by atoms with E-state index in [1.165, 1.54) is 0 Å². The summed E-state index contributed by atoms with van der Waals surface area (Å²) in [5, 5.41) is 0. The van der Waals surface area contributed by atoms with Crippen LogP contribution in [0.5, 0.6) is 0 Å². The van der Waals surface area contributed by atoms with Crippen molar-refractivity contribution >= 4 is 0 Å². The van der Waals surface area contributed by atoms with E-state index in [1.54, 1.807) is 0 Å². The first-order valence-corrected chi connectivity index (χ1v) is 0. The van der Waals surface area contributed by atoms with Gasteiger partial charge in [0.15, 0.2) is 0 Å². The summed E-state index contributed by atoms with van der Waals surface area (Å²) >= 11 is 0. The predicted octanol–water partition coefficient (Wildman–Crippen LogP) is -0.0266. The van der Waals surface area contributed by atoms with Crippen molar-refractivity contribution in [3.8, 4) is 0 Å². The van der Waals surface area contributed by atoms with Gasteiger partial charge in [0.25, 0.3) is 0 Å². The zero-order valence-electron chi connectivity index (χ0n) is 1.56. The molecule has 0 spiro atoms. The van der Waals surface area contributed by atoms with Gasteiger partial charge in [0, 0.05) is 37.7 Å². The third-order valence-electron chi connectivity index (χ3n) is 0. The van der Waals surface area contributed by atoms with E-state index >= 15 is 0 Å². The van der Waals surface area contributed by atoms with Gasteiger partial charge in [-0.2, -0.15) is 0 Å². The molecule has 3 heteroatoms. The fraction of sp³-hybridized carbons (Fsp3) is 1.00. The predicted molar refractivity (Wildman–Crippen MR) is 15.4 cm³/mol. The van der Waals surface area contributed by atoms with E-state index < -0.39 is 0 Å². The topological polar surface area (TPSA) is 66.5 Å². The Balaban J connectivity index is 0. The van der Waals surface area contributed by atoms with Gasteiger partial charge in [0.2, 0.25) is 0 Å². The SMILES string of the molecule is C.N.O.[Ar]. The van der Waals surface area contributed by atoms with E-state index in [0.717, 1.165) is 0 Å². The van der Waals surface area contributed by atoms with Gasteiger partial charge in [-0.1, -0.05) is 7.43 Å². The van der Waals surface area contributed by atoms with E-state index in [9.17, 15) is 0 Å². The number of rotatable bonds is 0. The maximum atomic E-state index is 0. The van der Waals surface area contributed by atoms with Crippen molar-refractivity contribution in [1.29, 1.82) is 0 Å². The number of hydrogen-bond acceptors (Lipinski definition) is 1. The first kappa shape index (κ1) is 65.0. The summed E-state index contributed by atoms with van der Waals surface area (Å²) in [7, 11) is 0. The van der Waals surface area contributed by atoms with Gasteiger partial charge in [0.05, 0.1) is 0 Å². The van der Waals surface area contributed by atoms with Crippen LogP contribution in [0.1, 0.15) is 7.43 Å². The van der Waals surface area contributed by atoms with Crippen molar-refractivity contribution < 1.29 is 43.2 Å². The van der Waals surface area contributed by atoms with Gasteiger partial charge in [0.1, 0.15) is 0 Å². The molecule has 0 aromatic heterocycles. The van der Waals surface area contributed by atoms with E-state index in [1.807, 2.05) is 0 Å². The first-order chi connectivity index (χ1) is 0. The standard InChI is InChI=1S/CH4.Ar.H3N.H2O/h1H4;;1H3;1H2. The van der Waals surface area contributed by atoms with Crippen LogP contribution in [0, 0.1) is 37.7 Å². The molecule has 32 valence electrons.